The van der Waals surface area contributed by atoms with Crippen LogP contribution in [0.15, 0.2) is 11.5 Å². The van der Waals surface area contributed by atoms with Gasteiger partial charge < -0.3 is 25.2 Å². The number of carbonyl (C=O) groups excluding carboxylic acids is 3. The van der Waals surface area contributed by atoms with Crippen molar-refractivity contribution in [3.05, 3.63) is 11.5 Å². The van der Waals surface area contributed by atoms with Gasteiger partial charge in [-0.2, -0.15) is 0 Å². The minimum Gasteiger partial charge on any atom is -0.505 e. The van der Waals surface area contributed by atoms with Crippen molar-refractivity contribution in [3.63, 3.8) is 0 Å². The molecule has 46 heavy (non-hydrogen) atoms. The maximum atomic E-state index is 13.3. The molecule has 0 aromatic heterocycles. The predicted molar refractivity (Wildman–Crippen MR) is 184 cm³/mol. The number of aliphatic hydroxyl groups is 4. The van der Waals surface area contributed by atoms with Crippen LogP contribution in [0.3, 0.4) is 0 Å². The number of aliphatic hydroxyl groups excluding tert-OH is 3. The standard InChI is InChI=1S/C38H68O8/c1-3-5-7-9-11-13-15-17-19-21-23-25-27-29-31(39)35(43)38(45,36-33(41)34(42)37(44)46-36)32(40)30-28-26-24-22-20-18-16-14-12-10-8-6-4-2/h35-36,41-43,45H,3-30H2,1-2H3/t35?,36-,38-/m0/s1. The molecular weight excluding hydrogens is 584 g/mol. The van der Waals surface area contributed by atoms with Crippen LogP contribution in [0, 0.1) is 0 Å². The van der Waals surface area contributed by atoms with E-state index in [2.05, 4.69) is 13.8 Å². The zero-order valence-electron chi connectivity index (χ0n) is 29.4. The van der Waals surface area contributed by atoms with E-state index in [-0.39, 0.29) is 12.8 Å². The van der Waals surface area contributed by atoms with E-state index in [1.165, 1.54) is 103 Å². The van der Waals surface area contributed by atoms with Gasteiger partial charge in [0.25, 0.3) is 0 Å². The van der Waals surface area contributed by atoms with Crippen molar-refractivity contribution in [1.82, 2.24) is 0 Å². The van der Waals surface area contributed by atoms with Crippen molar-refractivity contribution in [2.24, 2.45) is 0 Å². The summed E-state index contributed by atoms with van der Waals surface area (Å²) in [6.07, 6.45) is 24.9. The minimum absolute atomic E-state index is 0.0512. The van der Waals surface area contributed by atoms with Gasteiger partial charge in [-0.3, -0.25) is 9.59 Å². The molecular formula is C38H68O8. The van der Waals surface area contributed by atoms with Crippen LogP contribution in [0.25, 0.3) is 0 Å². The summed E-state index contributed by atoms with van der Waals surface area (Å²) in [6, 6.07) is 0. The number of hydrogen-bond donors (Lipinski definition) is 4. The van der Waals surface area contributed by atoms with Gasteiger partial charge in [0, 0.05) is 12.8 Å². The Bertz CT molecular complexity index is 869. The Hall–Kier alpha value is -1.93. The van der Waals surface area contributed by atoms with Crippen LogP contribution in [-0.2, 0) is 19.1 Å². The average Bonchev–Trinajstić information content (AvgIpc) is 3.31. The first-order chi connectivity index (χ1) is 22.2. The summed E-state index contributed by atoms with van der Waals surface area (Å²) < 4.78 is 4.89. The highest BCUT2D eigenvalue weighted by molar-refractivity contribution is 5.99. The molecule has 0 aromatic carbocycles. The monoisotopic (exact) mass is 652 g/mol. The second kappa shape index (κ2) is 26.1. The smallest absolute Gasteiger partial charge is 0.378 e. The van der Waals surface area contributed by atoms with E-state index >= 15 is 0 Å². The highest BCUT2D eigenvalue weighted by Crippen LogP contribution is 2.33. The number of carbonyl (C=O) groups is 3. The fourth-order valence-corrected chi connectivity index (χ4v) is 6.39. The topological polar surface area (TPSA) is 141 Å². The lowest BCUT2D eigenvalue weighted by atomic mass is 9.80. The first-order valence-electron chi connectivity index (χ1n) is 19.0. The van der Waals surface area contributed by atoms with Gasteiger partial charge in [0.1, 0.15) is 0 Å². The second-order valence-electron chi connectivity index (χ2n) is 13.6. The minimum atomic E-state index is -2.87. The summed E-state index contributed by atoms with van der Waals surface area (Å²) in [5, 5.41) is 42.4. The van der Waals surface area contributed by atoms with Crippen LogP contribution in [0.1, 0.15) is 194 Å². The van der Waals surface area contributed by atoms with Gasteiger partial charge in [0.05, 0.1) is 0 Å². The van der Waals surface area contributed by atoms with Gasteiger partial charge in [-0.25, -0.2) is 4.79 Å². The molecule has 3 atom stereocenters. The quantitative estimate of drug-likeness (QED) is 0.0416. The van der Waals surface area contributed by atoms with E-state index in [9.17, 15) is 34.8 Å². The molecule has 0 radical (unpaired) electrons. The average molecular weight is 653 g/mol. The molecule has 1 rings (SSSR count). The first kappa shape index (κ1) is 42.1. The molecule has 8 heteroatoms. The Morgan fingerprint density at radius 1 is 0.609 bits per heavy atom. The third-order valence-corrected chi connectivity index (χ3v) is 9.51. The molecule has 0 fully saturated rings. The summed E-state index contributed by atoms with van der Waals surface area (Å²) in [6.45, 7) is 4.45. The SMILES string of the molecule is CCCCCCCCCCCCCCCC(=O)C(O)[C@@](O)(C(=O)CCCCCCCCCCCCCCC)[C@H]1OC(=O)C(O)=C1O. The van der Waals surface area contributed by atoms with Gasteiger partial charge in [0.2, 0.25) is 17.5 Å². The number of unbranched alkanes of at least 4 members (excludes halogenated alkanes) is 24. The van der Waals surface area contributed by atoms with Gasteiger partial charge in [-0.15, -0.1) is 0 Å². The molecule has 0 spiro atoms. The largest absolute Gasteiger partial charge is 0.505 e. The number of Topliss-reactive ketones (excluding diaryl/α,β-unsaturated/α-hetero) is 2. The first-order valence-corrected chi connectivity index (χ1v) is 19.0. The van der Waals surface area contributed by atoms with E-state index in [0.29, 0.717) is 12.8 Å². The molecule has 8 nitrogen and oxygen atoms in total. The Labute approximate surface area is 279 Å². The fourth-order valence-electron chi connectivity index (χ4n) is 6.39. The molecule has 0 saturated carbocycles. The molecule has 1 unspecified atom stereocenters. The lowest BCUT2D eigenvalue weighted by molar-refractivity contribution is -0.184. The summed E-state index contributed by atoms with van der Waals surface area (Å²) >= 11 is 0. The van der Waals surface area contributed by atoms with Crippen LogP contribution in [0.5, 0.6) is 0 Å². The van der Waals surface area contributed by atoms with E-state index < -0.39 is 46.9 Å². The zero-order chi connectivity index (χ0) is 34.0. The fraction of sp³-hybridized carbons (Fsp3) is 0.868. The summed E-state index contributed by atoms with van der Waals surface area (Å²) in [5.74, 6) is -5.13. The van der Waals surface area contributed by atoms with Gasteiger partial charge in [-0.05, 0) is 12.8 Å². The normalized spacial score (nSPS) is 16.9. The summed E-state index contributed by atoms with van der Waals surface area (Å²) in [7, 11) is 0. The van der Waals surface area contributed by atoms with Crippen molar-refractivity contribution in [3.8, 4) is 0 Å². The molecule has 0 bridgehead atoms. The van der Waals surface area contributed by atoms with Crippen LogP contribution in [0.2, 0.25) is 0 Å². The van der Waals surface area contributed by atoms with E-state index in [0.717, 1.165) is 51.4 Å². The maximum absolute atomic E-state index is 13.3. The van der Waals surface area contributed by atoms with E-state index in [4.69, 9.17) is 4.74 Å². The molecule has 1 aliphatic heterocycles. The van der Waals surface area contributed by atoms with Crippen LogP contribution < -0.4 is 0 Å². The third-order valence-electron chi connectivity index (χ3n) is 9.51. The predicted octanol–water partition coefficient (Wildman–Crippen LogP) is 9.43. The number of rotatable bonds is 32. The molecule has 0 aliphatic carbocycles. The lowest BCUT2D eigenvalue weighted by Crippen LogP contribution is -2.61. The molecule has 0 saturated heterocycles. The third kappa shape index (κ3) is 16.3. The second-order valence-corrected chi connectivity index (χ2v) is 13.6. The van der Waals surface area contributed by atoms with Crippen LogP contribution >= 0.6 is 0 Å². The molecule has 4 N–H and O–H groups in total. The van der Waals surface area contributed by atoms with Crippen molar-refractivity contribution >= 4 is 17.5 Å². The van der Waals surface area contributed by atoms with E-state index in [1.54, 1.807) is 0 Å². The Balaban J connectivity index is 2.43. The summed E-state index contributed by atoms with van der Waals surface area (Å²) in [4.78, 5) is 38.1. The molecule has 1 aliphatic rings. The summed E-state index contributed by atoms with van der Waals surface area (Å²) in [5.41, 5.74) is -2.87. The number of ether oxygens (including phenoxy) is 1. The van der Waals surface area contributed by atoms with Crippen LogP contribution in [0.4, 0.5) is 0 Å². The van der Waals surface area contributed by atoms with Gasteiger partial charge in [0.15, 0.2) is 23.4 Å². The van der Waals surface area contributed by atoms with Crippen molar-refractivity contribution < 1.29 is 39.5 Å². The highest BCUT2D eigenvalue weighted by Gasteiger charge is 2.59. The highest BCUT2D eigenvalue weighted by atomic mass is 16.6. The Morgan fingerprint density at radius 2 is 0.935 bits per heavy atom. The molecule has 1 heterocycles. The van der Waals surface area contributed by atoms with Crippen LogP contribution in [-0.4, -0.2) is 55.8 Å². The van der Waals surface area contributed by atoms with Gasteiger partial charge in [-0.1, -0.05) is 168 Å². The zero-order valence-corrected chi connectivity index (χ0v) is 29.4. The number of ketones is 2. The molecule has 268 valence electrons. The van der Waals surface area contributed by atoms with Crippen molar-refractivity contribution in [2.75, 3.05) is 0 Å². The molecule has 0 amide bonds. The number of hydrogen-bond acceptors (Lipinski definition) is 8. The number of cyclic esters (lactones) is 1. The Morgan fingerprint density at radius 3 is 1.26 bits per heavy atom. The van der Waals surface area contributed by atoms with Crippen molar-refractivity contribution in [1.29, 1.82) is 0 Å². The Kier molecular flexibility index (Phi) is 23.9. The van der Waals surface area contributed by atoms with Gasteiger partial charge >= 0.3 is 5.97 Å². The van der Waals surface area contributed by atoms with E-state index in [1.807, 2.05) is 0 Å². The lowest BCUT2D eigenvalue weighted by Gasteiger charge is -2.34. The number of esters is 1. The molecule has 0 aromatic rings. The maximum Gasteiger partial charge on any atom is 0.378 e. The van der Waals surface area contributed by atoms with Crippen molar-refractivity contribution in [2.45, 2.75) is 211 Å².